The first-order valence-electron chi connectivity index (χ1n) is 9.80. The monoisotopic (exact) mass is 380 g/mol. The average Bonchev–Trinajstić information content (AvgIpc) is 2.70. The molecule has 0 aliphatic carbocycles. The molecule has 0 bridgehead atoms. The Morgan fingerprint density at radius 3 is 2.36 bits per heavy atom. The number of aryl methyl sites for hydroxylation is 2. The summed E-state index contributed by atoms with van der Waals surface area (Å²) in [6.45, 7) is 8.37. The molecule has 1 fully saturated rings. The van der Waals surface area contributed by atoms with Crippen LogP contribution >= 0.6 is 0 Å². The molecule has 0 radical (unpaired) electrons. The van der Waals surface area contributed by atoms with Crippen LogP contribution in [0, 0.1) is 13.8 Å². The van der Waals surface area contributed by atoms with Crippen molar-refractivity contribution in [3.63, 3.8) is 0 Å². The Kier molecular flexibility index (Phi) is 6.95. The number of benzene rings is 2. The number of ether oxygens (including phenoxy) is 1. The van der Waals surface area contributed by atoms with Crippen LogP contribution in [0.25, 0.3) is 0 Å². The summed E-state index contributed by atoms with van der Waals surface area (Å²) in [5, 5.41) is 2.88. The molecule has 0 spiro atoms. The van der Waals surface area contributed by atoms with E-state index in [9.17, 15) is 9.59 Å². The van der Waals surface area contributed by atoms with Crippen molar-refractivity contribution in [2.75, 3.05) is 31.6 Å². The van der Waals surface area contributed by atoms with Crippen molar-refractivity contribution in [2.45, 2.75) is 33.2 Å². The number of carbonyl (C=O) groups is 2. The van der Waals surface area contributed by atoms with E-state index in [4.69, 9.17) is 4.74 Å². The van der Waals surface area contributed by atoms with Gasteiger partial charge in [0, 0.05) is 43.7 Å². The number of ketones is 1. The van der Waals surface area contributed by atoms with Crippen molar-refractivity contribution in [1.29, 1.82) is 0 Å². The standard InChI is InChI=1S/C23H28N2O3/c1-17-3-6-20(15-18(17)2)22(26)9-10-23(27)24-21-7-4-19(5-8-21)16-25-11-13-28-14-12-25/h3-8,15H,9-14,16H2,1-2H3,(H,24,27). The molecule has 1 amide bonds. The zero-order chi connectivity index (χ0) is 19.9. The molecule has 1 aliphatic rings. The zero-order valence-electron chi connectivity index (χ0n) is 16.7. The van der Waals surface area contributed by atoms with Crippen molar-refractivity contribution in [1.82, 2.24) is 4.90 Å². The number of Topliss-reactive ketones (excluding diaryl/α,β-unsaturated/α-hetero) is 1. The molecule has 0 unspecified atom stereocenters. The first kappa shape index (κ1) is 20.2. The summed E-state index contributed by atoms with van der Waals surface area (Å²) < 4.78 is 5.37. The summed E-state index contributed by atoms with van der Waals surface area (Å²) in [6, 6.07) is 13.6. The van der Waals surface area contributed by atoms with Gasteiger partial charge >= 0.3 is 0 Å². The number of amides is 1. The predicted octanol–water partition coefficient (Wildman–Crippen LogP) is 3.74. The second-order valence-electron chi connectivity index (χ2n) is 7.36. The van der Waals surface area contributed by atoms with E-state index in [1.165, 1.54) is 5.56 Å². The van der Waals surface area contributed by atoms with Crippen LogP contribution < -0.4 is 5.32 Å². The van der Waals surface area contributed by atoms with Crippen molar-refractivity contribution < 1.29 is 14.3 Å². The summed E-state index contributed by atoms with van der Waals surface area (Å²) in [5.41, 5.74) is 4.89. The molecule has 1 N–H and O–H groups in total. The lowest BCUT2D eigenvalue weighted by Crippen LogP contribution is -2.35. The molecule has 5 heteroatoms. The van der Waals surface area contributed by atoms with Gasteiger partial charge in [0.25, 0.3) is 0 Å². The predicted molar refractivity (Wildman–Crippen MR) is 111 cm³/mol. The molecule has 5 nitrogen and oxygen atoms in total. The molecule has 1 heterocycles. The maximum Gasteiger partial charge on any atom is 0.224 e. The van der Waals surface area contributed by atoms with Gasteiger partial charge in [0.15, 0.2) is 5.78 Å². The van der Waals surface area contributed by atoms with Crippen LogP contribution in [0.2, 0.25) is 0 Å². The van der Waals surface area contributed by atoms with Gasteiger partial charge in [-0.3, -0.25) is 14.5 Å². The molecule has 2 aromatic rings. The molecule has 0 aromatic heterocycles. The summed E-state index contributed by atoms with van der Waals surface area (Å²) in [4.78, 5) is 26.8. The van der Waals surface area contributed by atoms with E-state index in [-0.39, 0.29) is 24.5 Å². The Hall–Kier alpha value is -2.50. The average molecular weight is 380 g/mol. The number of nitrogens with zero attached hydrogens (tertiary/aromatic N) is 1. The second-order valence-corrected chi connectivity index (χ2v) is 7.36. The Bertz CT molecular complexity index is 824. The molecule has 0 atom stereocenters. The van der Waals surface area contributed by atoms with Crippen molar-refractivity contribution >= 4 is 17.4 Å². The maximum absolute atomic E-state index is 12.3. The number of morpholine rings is 1. The van der Waals surface area contributed by atoms with Crippen LogP contribution in [0.1, 0.15) is 39.9 Å². The Labute approximate surface area is 166 Å². The number of hydrogen-bond donors (Lipinski definition) is 1. The lowest BCUT2D eigenvalue weighted by atomic mass is 10.0. The van der Waals surface area contributed by atoms with Crippen LogP contribution in [0.4, 0.5) is 5.69 Å². The van der Waals surface area contributed by atoms with E-state index in [0.717, 1.165) is 49.7 Å². The van der Waals surface area contributed by atoms with Gasteiger partial charge in [0.05, 0.1) is 13.2 Å². The van der Waals surface area contributed by atoms with E-state index in [2.05, 4.69) is 10.2 Å². The lowest BCUT2D eigenvalue weighted by Gasteiger charge is -2.26. The minimum Gasteiger partial charge on any atom is -0.379 e. The van der Waals surface area contributed by atoms with E-state index in [0.29, 0.717) is 5.56 Å². The fourth-order valence-electron chi connectivity index (χ4n) is 3.22. The topological polar surface area (TPSA) is 58.6 Å². The highest BCUT2D eigenvalue weighted by molar-refractivity contribution is 6.00. The molecule has 148 valence electrons. The quantitative estimate of drug-likeness (QED) is 0.744. The third-order valence-electron chi connectivity index (χ3n) is 5.16. The summed E-state index contributed by atoms with van der Waals surface area (Å²) in [7, 11) is 0. The van der Waals surface area contributed by atoms with E-state index in [1.807, 2.05) is 56.3 Å². The van der Waals surface area contributed by atoms with Gasteiger partial charge in [-0.2, -0.15) is 0 Å². The van der Waals surface area contributed by atoms with Crippen molar-refractivity contribution in [3.05, 3.63) is 64.7 Å². The van der Waals surface area contributed by atoms with Crippen LogP contribution in [0.15, 0.2) is 42.5 Å². The number of carbonyl (C=O) groups excluding carboxylic acids is 2. The molecular weight excluding hydrogens is 352 g/mol. The highest BCUT2D eigenvalue weighted by Gasteiger charge is 2.12. The first-order valence-corrected chi connectivity index (χ1v) is 9.80. The van der Waals surface area contributed by atoms with Crippen LogP contribution in [-0.2, 0) is 16.1 Å². The van der Waals surface area contributed by atoms with Gasteiger partial charge in [-0.1, -0.05) is 24.3 Å². The van der Waals surface area contributed by atoms with Crippen molar-refractivity contribution in [3.8, 4) is 0 Å². The van der Waals surface area contributed by atoms with E-state index < -0.39 is 0 Å². The van der Waals surface area contributed by atoms with Crippen LogP contribution in [-0.4, -0.2) is 42.9 Å². The second kappa shape index (κ2) is 9.62. The SMILES string of the molecule is Cc1ccc(C(=O)CCC(=O)Nc2ccc(CN3CCOCC3)cc2)cc1C. The largest absolute Gasteiger partial charge is 0.379 e. The number of anilines is 1. The third-order valence-corrected chi connectivity index (χ3v) is 5.16. The molecule has 3 rings (SSSR count). The minimum atomic E-state index is -0.141. The van der Waals surface area contributed by atoms with Gasteiger partial charge < -0.3 is 10.1 Å². The number of rotatable bonds is 7. The number of nitrogens with one attached hydrogen (secondary N) is 1. The molecule has 1 aliphatic heterocycles. The molecular formula is C23H28N2O3. The third kappa shape index (κ3) is 5.75. The highest BCUT2D eigenvalue weighted by Crippen LogP contribution is 2.15. The van der Waals surface area contributed by atoms with Crippen molar-refractivity contribution in [2.24, 2.45) is 0 Å². The van der Waals surface area contributed by atoms with Gasteiger partial charge in [0.1, 0.15) is 0 Å². The van der Waals surface area contributed by atoms with Crippen LogP contribution in [0.3, 0.4) is 0 Å². The Morgan fingerprint density at radius 1 is 0.964 bits per heavy atom. The molecule has 1 saturated heterocycles. The fourth-order valence-corrected chi connectivity index (χ4v) is 3.22. The highest BCUT2D eigenvalue weighted by atomic mass is 16.5. The van der Waals surface area contributed by atoms with Gasteiger partial charge in [-0.05, 0) is 48.7 Å². The normalized spacial score (nSPS) is 14.6. The summed E-state index contributed by atoms with van der Waals surface area (Å²) in [6.07, 6.45) is 0.394. The van der Waals surface area contributed by atoms with Gasteiger partial charge in [0.2, 0.25) is 5.91 Å². The molecule has 0 saturated carbocycles. The van der Waals surface area contributed by atoms with Crippen LogP contribution in [0.5, 0.6) is 0 Å². The smallest absolute Gasteiger partial charge is 0.224 e. The Morgan fingerprint density at radius 2 is 1.68 bits per heavy atom. The summed E-state index contributed by atoms with van der Waals surface area (Å²) in [5.74, 6) is -0.141. The number of hydrogen-bond acceptors (Lipinski definition) is 4. The Balaban J connectivity index is 1.46. The van der Waals surface area contributed by atoms with Gasteiger partial charge in [-0.15, -0.1) is 0 Å². The molecule has 2 aromatic carbocycles. The first-order chi connectivity index (χ1) is 13.5. The molecule has 28 heavy (non-hydrogen) atoms. The summed E-state index contributed by atoms with van der Waals surface area (Å²) >= 11 is 0. The lowest BCUT2D eigenvalue weighted by molar-refractivity contribution is -0.116. The minimum absolute atomic E-state index is 0.000825. The van der Waals surface area contributed by atoms with Gasteiger partial charge in [-0.25, -0.2) is 0 Å². The fraction of sp³-hybridized carbons (Fsp3) is 0.391. The zero-order valence-corrected chi connectivity index (χ0v) is 16.7. The van der Waals surface area contributed by atoms with E-state index in [1.54, 1.807) is 0 Å². The van der Waals surface area contributed by atoms with E-state index >= 15 is 0 Å². The maximum atomic E-state index is 12.3.